The number of aliphatic imine (C=N–C) groups is 1. The van der Waals surface area contributed by atoms with Gasteiger partial charge in [-0.2, -0.15) is 18.3 Å². The molecule has 0 aliphatic carbocycles. The summed E-state index contributed by atoms with van der Waals surface area (Å²) >= 11 is 0. The largest absolute Gasteiger partial charge is 0.419 e. The van der Waals surface area contributed by atoms with E-state index < -0.39 is 23.6 Å². The number of rotatable bonds is 1. The Kier molecular flexibility index (Phi) is 4.68. The van der Waals surface area contributed by atoms with Gasteiger partial charge >= 0.3 is 6.18 Å². The van der Waals surface area contributed by atoms with E-state index >= 15 is 0 Å². The van der Waals surface area contributed by atoms with Crippen molar-refractivity contribution >= 4 is 17.9 Å². The van der Waals surface area contributed by atoms with Crippen LogP contribution in [0.1, 0.15) is 31.0 Å². The molecule has 1 aromatic rings. The third-order valence-corrected chi connectivity index (χ3v) is 4.31. The van der Waals surface area contributed by atoms with Crippen LogP contribution in [0.4, 0.5) is 23.2 Å². The molecule has 0 bridgehead atoms. The van der Waals surface area contributed by atoms with E-state index in [1.54, 1.807) is 13.8 Å². The second kappa shape index (κ2) is 6.62. The van der Waals surface area contributed by atoms with Gasteiger partial charge in [-0.1, -0.05) is 0 Å². The minimum atomic E-state index is -4.75. The van der Waals surface area contributed by atoms with E-state index in [1.807, 2.05) is 4.90 Å². The summed E-state index contributed by atoms with van der Waals surface area (Å²) in [6.07, 6.45) is -3.23. The average molecular weight is 357 g/mol. The molecule has 0 saturated carbocycles. The SMILES string of the molecule is C/C=N\N1C(N2CCNCC2)=Nc2ccc(C(F)(F)F)c(F)c2C1C. The Morgan fingerprint density at radius 2 is 1.96 bits per heavy atom. The molecular formula is C16H19F4N5. The highest BCUT2D eigenvalue weighted by Crippen LogP contribution is 2.42. The van der Waals surface area contributed by atoms with Gasteiger partial charge in [0, 0.05) is 38.0 Å². The standard InChI is InChI=1S/C16H19F4N5/c1-3-22-25-10(2)13-12(5-4-11(14(13)17)16(18,19)20)23-15(25)24-8-6-21-7-9-24/h3-5,10,21H,6-9H2,1-2H3/b22-3-. The van der Waals surface area contributed by atoms with E-state index in [1.165, 1.54) is 17.3 Å². The molecule has 3 rings (SSSR count). The summed E-state index contributed by atoms with van der Waals surface area (Å²) in [5.41, 5.74) is -1.15. The van der Waals surface area contributed by atoms with Crippen LogP contribution >= 0.6 is 0 Å². The Bertz CT molecular complexity index is 707. The predicted octanol–water partition coefficient (Wildman–Crippen LogP) is 3.12. The summed E-state index contributed by atoms with van der Waals surface area (Å²) in [5.74, 6) is -0.754. The van der Waals surface area contributed by atoms with Crippen LogP contribution in [0.15, 0.2) is 22.2 Å². The predicted molar refractivity (Wildman–Crippen MR) is 87.4 cm³/mol. The van der Waals surface area contributed by atoms with Crippen LogP contribution in [-0.2, 0) is 6.18 Å². The van der Waals surface area contributed by atoms with E-state index in [0.29, 0.717) is 19.0 Å². The van der Waals surface area contributed by atoms with Gasteiger partial charge in [0.15, 0.2) is 0 Å². The first-order valence-electron chi connectivity index (χ1n) is 8.06. The second-order valence-electron chi connectivity index (χ2n) is 5.90. The lowest BCUT2D eigenvalue weighted by atomic mass is 9.99. The van der Waals surface area contributed by atoms with Gasteiger partial charge in [0.05, 0.1) is 17.3 Å². The van der Waals surface area contributed by atoms with E-state index in [9.17, 15) is 17.6 Å². The number of nitrogens with one attached hydrogen (secondary N) is 1. The first-order chi connectivity index (χ1) is 11.8. The number of benzene rings is 1. The van der Waals surface area contributed by atoms with Crippen molar-refractivity contribution in [3.63, 3.8) is 0 Å². The molecule has 2 heterocycles. The van der Waals surface area contributed by atoms with Crippen LogP contribution in [0.2, 0.25) is 0 Å². The third-order valence-electron chi connectivity index (χ3n) is 4.31. The molecule has 1 atom stereocenters. The highest BCUT2D eigenvalue weighted by Gasteiger charge is 2.39. The Morgan fingerprint density at radius 1 is 1.28 bits per heavy atom. The van der Waals surface area contributed by atoms with Crippen molar-refractivity contribution < 1.29 is 17.6 Å². The third kappa shape index (κ3) is 3.20. The van der Waals surface area contributed by atoms with Crippen molar-refractivity contribution in [2.24, 2.45) is 10.1 Å². The molecule has 9 heteroatoms. The molecule has 1 aromatic carbocycles. The van der Waals surface area contributed by atoms with Crippen molar-refractivity contribution in [3.8, 4) is 0 Å². The zero-order valence-electron chi connectivity index (χ0n) is 13.9. The summed E-state index contributed by atoms with van der Waals surface area (Å²) in [7, 11) is 0. The lowest BCUT2D eigenvalue weighted by Crippen LogP contribution is -2.52. The summed E-state index contributed by atoms with van der Waals surface area (Å²) in [4.78, 5) is 6.42. The molecule has 0 spiro atoms. The van der Waals surface area contributed by atoms with E-state index in [4.69, 9.17) is 0 Å². The summed E-state index contributed by atoms with van der Waals surface area (Å²) in [6, 6.07) is 1.28. The van der Waals surface area contributed by atoms with E-state index in [-0.39, 0.29) is 11.3 Å². The van der Waals surface area contributed by atoms with Crippen molar-refractivity contribution in [3.05, 3.63) is 29.1 Å². The Hall–Kier alpha value is -2.16. The van der Waals surface area contributed by atoms with Crippen molar-refractivity contribution in [2.75, 3.05) is 26.2 Å². The number of hydrogen-bond donors (Lipinski definition) is 1. The summed E-state index contributed by atoms with van der Waals surface area (Å²) in [5, 5.41) is 8.93. The average Bonchev–Trinajstić information content (AvgIpc) is 2.57. The Balaban J connectivity index is 2.12. The number of hydrazone groups is 1. The van der Waals surface area contributed by atoms with Gasteiger partial charge in [-0.05, 0) is 26.0 Å². The molecule has 0 amide bonds. The topological polar surface area (TPSA) is 43.2 Å². The number of alkyl halides is 3. The normalized spacial score (nSPS) is 21.5. The van der Waals surface area contributed by atoms with Gasteiger partial charge in [0.1, 0.15) is 5.82 Å². The number of piperazine rings is 1. The molecular weight excluding hydrogens is 338 g/mol. The van der Waals surface area contributed by atoms with Crippen molar-refractivity contribution in [1.29, 1.82) is 0 Å². The number of fused-ring (bicyclic) bond motifs is 1. The van der Waals surface area contributed by atoms with Crippen LogP contribution < -0.4 is 5.32 Å². The quantitative estimate of drug-likeness (QED) is 0.620. The van der Waals surface area contributed by atoms with Gasteiger partial charge < -0.3 is 10.2 Å². The molecule has 0 aromatic heterocycles. The van der Waals surface area contributed by atoms with Crippen LogP contribution in [0.3, 0.4) is 0 Å². The van der Waals surface area contributed by atoms with Crippen LogP contribution in [0.25, 0.3) is 0 Å². The minimum Gasteiger partial charge on any atom is -0.338 e. The van der Waals surface area contributed by atoms with E-state index in [2.05, 4.69) is 15.4 Å². The lowest BCUT2D eigenvalue weighted by Gasteiger charge is -2.39. The van der Waals surface area contributed by atoms with Crippen molar-refractivity contribution in [1.82, 2.24) is 15.2 Å². The maximum absolute atomic E-state index is 14.6. The summed E-state index contributed by atoms with van der Waals surface area (Å²) in [6.45, 7) is 6.25. The minimum absolute atomic E-state index is 0.0840. The number of guanidine groups is 1. The molecule has 1 saturated heterocycles. The molecule has 25 heavy (non-hydrogen) atoms. The van der Waals surface area contributed by atoms with Crippen LogP contribution in [0.5, 0.6) is 0 Å². The zero-order chi connectivity index (χ0) is 18.2. The highest BCUT2D eigenvalue weighted by molar-refractivity contribution is 5.86. The number of nitrogens with zero attached hydrogens (tertiary/aromatic N) is 4. The highest BCUT2D eigenvalue weighted by atomic mass is 19.4. The first kappa shape index (κ1) is 17.7. The molecule has 1 unspecified atom stereocenters. The zero-order valence-corrected chi connectivity index (χ0v) is 13.9. The monoisotopic (exact) mass is 357 g/mol. The molecule has 1 fully saturated rings. The Labute approximate surface area is 143 Å². The van der Waals surface area contributed by atoms with E-state index in [0.717, 1.165) is 19.2 Å². The number of halogens is 4. The fraction of sp³-hybridized carbons (Fsp3) is 0.500. The van der Waals surface area contributed by atoms with Crippen LogP contribution in [0, 0.1) is 5.82 Å². The molecule has 136 valence electrons. The second-order valence-corrected chi connectivity index (χ2v) is 5.90. The molecule has 1 N–H and O–H groups in total. The van der Waals surface area contributed by atoms with Gasteiger partial charge in [-0.25, -0.2) is 14.4 Å². The maximum atomic E-state index is 14.6. The fourth-order valence-electron chi connectivity index (χ4n) is 3.11. The lowest BCUT2D eigenvalue weighted by molar-refractivity contribution is -0.140. The van der Waals surface area contributed by atoms with Crippen molar-refractivity contribution in [2.45, 2.75) is 26.1 Å². The molecule has 5 nitrogen and oxygen atoms in total. The Morgan fingerprint density at radius 3 is 2.56 bits per heavy atom. The maximum Gasteiger partial charge on any atom is 0.419 e. The van der Waals surface area contributed by atoms with Gasteiger partial charge in [0.25, 0.3) is 0 Å². The summed E-state index contributed by atoms with van der Waals surface area (Å²) < 4.78 is 53.7. The smallest absolute Gasteiger partial charge is 0.338 e. The van der Waals surface area contributed by atoms with Gasteiger partial charge in [-0.15, -0.1) is 0 Å². The first-order valence-corrected chi connectivity index (χ1v) is 8.06. The van der Waals surface area contributed by atoms with Gasteiger partial charge in [-0.3, -0.25) is 0 Å². The number of hydrogen-bond acceptors (Lipinski definition) is 5. The fourth-order valence-corrected chi connectivity index (χ4v) is 3.11. The van der Waals surface area contributed by atoms with Gasteiger partial charge in [0.2, 0.25) is 5.96 Å². The molecule has 0 radical (unpaired) electrons. The van der Waals surface area contributed by atoms with Crippen LogP contribution in [-0.4, -0.2) is 48.3 Å². The molecule has 2 aliphatic rings. The molecule has 2 aliphatic heterocycles.